The fourth-order valence-corrected chi connectivity index (χ4v) is 2.39. The lowest BCUT2D eigenvalue weighted by Gasteiger charge is -2.35. The average molecular weight is 284 g/mol. The molecule has 20 heavy (non-hydrogen) atoms. The van der Waals surface area contributed by atoms with Crippen LogP contribution in [0, 0.1) is 10.8 Å². The highest BCUT2D eigenvalue weighted by Gasteiger charge is 2.25. The molecule has 0 unspecified atom stereocenters. The van der Waals surface area contributed by atoms with Crippen molar-refractivity contribution in [1.29, 1.82) is 0 Å². The van der Waals surface area contributed by atoms with Gasteiger partial charge in [0.2, 0.25) is 0 Å². The Morgan fingerprint density at radius 3 is 2.10 bits per heavy atom. The van der Waals surface area contributed by atoms with Gasteiger partial charge in [0.25, 0.3) is 0 Å². The van der Waals surface area contributed by atoms with Crippen LogP contribution in [0.5, 0.6) is 0 Å². The summed E-state index contributed by atoms with van der Waals surface area (Å²) in [6.45, 7) is 16.9. The lowest BCUT2D eigenvalue weighted by Crippen LogP contribution is -2.43. The predicted octanol–water partition coefficient (Wildman–Crippen LogP) is 3.27. The Labute approximate surface area is 124 Å². The van der Waals surface area contributed by atoms with Crippen molar-refractivity contribution in [3.63, 3.8) is 0 Å². The van der Waals surface area contributed by atoms with Gasteiger partial charge in [0, 0.05) is 26.2 Å². The molecule has 0 atom stereocenters. The first-order valence-electron chi connectivity index (χ1n) is 7.72. The quantitative estimate of drug-likeness (QED) is 0.865. The summed E-state index contributed by atoms with van der Waals surface area (Å²) in [6, 6.07) is 0. The number of alkyl carbamates (subject to hydrolysis) is 1. The third kappa shape index (κ3) is 7.73. The van der Waals surface area contributed by atoms with Crippen LogP contribution in [0.1, 0.15) is 54.4 Å². The molecule has 0 bridgehead atoms. The van der Waals surface area contributed by atoms with E-state index in [4.69, 9.17) is 4.74 Å². The molecule has 1 rings (SSSR count). The van der Waals surface area contributed by atoms with Gasteiger partial charge in [-0.2, -0.15) is 0 Å². The molecule has 0 aromatic rings. The molecule has 4 heteroatoms. The van der Waals surface area contributed by atoms with E-state index in [1.54, 1.807) is 0 Å². The average Bonchev–Trinajstić information content (AvgIpc) is 2.26. The van der Waals surface area contributed by atoms with Gasteiger partial charge in [0.15, 0.2) is 0 Å². The molecule has 0 aromatic heterocycles. The van der Waals surface area contributed by atoms with Gasteiger partial charge < -0.3 is 15.0 Å². The second kappa shape index (κ2) is 6.79. The molecule has 1 amide bonds. The van der Waals surface area contributed by atoms with Crippen LogP contribution >= 0.6 is 0 Å². The predicted molar refractivity (Wildman–Crippen MR) is 82.9 cm³/mol. The number of amides is 1. The fourth-order valence-electron chi connectivity index (χ4n) is 2.39. The Hall–Kier alpha value is -0.770. The van der Waals surface area contributed by atoms with E-state index in [1.807, 2.05) is 0 Å². The maximum absolute atomic E-state index is 11.7. The minimum Gasteiger partial charge on any atom is -0.446 e. The van der Waals surface area contributed by atoms with E-state index in [9.17, 15) is 4.79 Å². The van der Waals surface area contributed by atoms with Gasteiger partial charge in [-0.1, -0.05) is 41.5 Å². The first kappa shape index (κ1) is 17.3. The highest BCUT2D eigenvalue weighted by atomic mass is 16.6. The van der Waals surface area contributed by atoms with Gasteiger partial charge in [-0.25, -0.2) is 4.79 Å². The van der Waals surface area contributed by atoms with Crippen LogP contribution in [0.2, 0.25) is 0 Å². The number of piperidine rings is 1. The topological polar surface area (TPSA) is 41.6 Å². The van der Waals surface area contributed by atoms with Crippen molar-refractivity contribution in [3.05, 3.63) is 0 Å². The van der Waals surface area contributed by atoms with E-state index in [0.717, 1.165) is 32.5 Å². The van der Waals surface area contributed by atoms with Gasteiger partial charge in [-0.15, -0.1) is 0 Å². The zero-order chi connectivity index (χ0) is 15.4. The zero-order valence-corrected chi connectivity index (χ0v) is 14.1. The van der Waals surface area contributed by atoms with E-state index in [2.05, 4.69) is 51.8 Å². The van der Waals surface area contributed by atoms with Gasteiger partial charge in [-0.05, 0) is 23.7 Å². The third-order valence-electron chi connectivity index (χ3n) is 3.27. The number of carbonyl (C=O) groups excluding carboxylic acids is 1. The molecule has 118 valence electrons. The number of carbonyl (C=O) groups is 1. The number of nitrogens with zero attached hydrogens (tertiary/aromatic N) is 1. The maximum Gasteiger partial charge on any atom is 0.407 e. The molecular formula is C16H32N2O2. The molecule has 1 aliphatic heterocycles. The molecule has 4 nitrogen and oxygen atoms in total. The molecule has 1 heterocycles. The van der Waals surface area contributed by atoms with Crippen molar-refractivity contribution in [2.75, 3.05) is 26.2 Å². The number of hydrogen-bond donors (Lipinski definition) is 1. The van der Waals surface area contributed by atoms with Gasteiger partial charge in [-0.3, -0.25) is 0 Å². The van der Waals surface area contributed by atoms with E-state index in [-0.39, 0.29) is 17.6 Å². The molecule has 0 aliphatic carbocycles. The molecule has 0 aromatic carbocycles. The second-order valence-electron chi connectivity index (χ2n) is 8.36. The van der Waals surface area contributed by atoms with Crippen LogP contribution < -0.4 is 5.32 Å². The SMILES string of the molecule is CC(C)(C)CNC(=O)OC1CCN(CC(C)(C)C)CC1. The Morgan fingerprint density at radius 2 is 1.65 bits per heavy atom. The largest absolute Gasteiger partial charge is 0.446 e. The van der Waals surface area contributed by atoms with Crippen molar-refractivity contribution in [2.24, 2.45) is 10.8 Å². The van der Waals surface area contributed by atoms with Crippen molar-refractivity contribution >= 4 is 6.09 Å². The van der Waals surface area contributed by atoms with Crippen LogP contribution in [0.25, 0.3) is 0 Å². The smallest absolute Gasteiger partial charge is 0.407 e. The minimum absolute atomic E-state index is 0.0752. The van der Waals surface area contributed by atoms with E-state index in [1.165, 1.54) is 0 Å². The molecule has 1 fully saturated rings. The first-order valence-corrected chi connectivity index (χ1v) is 7.72. The molecule has 1 saturated heterocycles. The van der Waals surface area contributed by atoms with Crippen molar-refractivity contribution in [1.82, 2.24) is 10.2 Å². The van der Waals surface area contributed by atoms with E-state index in [0.29, 0.717) is 12.0 Å². The van der Waals surface area contributed by atoms with Crippen LogP contribution in [-0.4, -0.2) is 43.3 Å². The number of nitrogens with one attached hydrogen (secondary N) is 1. The number of ether oxygens (including phenoxy) is 1. The monoisotopic (exact) mass is 284 g/mol. The molecule has 1 aliphatic rings. The summed E-state index contributed by atoms with van der Waals surface area (Å²) in [6.07, 6.45) is 1.69. The summed E-state index contributed by atoms with van der Waals surface area (Å²) < 4.78 is 5.49. The van der Waals surface area contributed by atoms with Crippen LogP contribution in [-0.2, 0) is 4.74 Å². The molecule has 0 spiro atoms. The number of hydrogen-bond acceptors (Lipinski definition) is 3. The fraction of sp³-hybridized carbons (Fsp3) is 0.938. The second-order valence-corrected chi connectivity index (χ2v) is 8.36. The standard InChI is InChI=1S/C16H32N2O2/c1-15(2,3)11-17-14(19)20-13-7-9-18(10-8-13)12-16(4,5)6/h13H,7-12H2,1-6H3,(H,17,19). The minimum atomic E-state index is -0.269. The van der Waals surface area contributed by atoms with Crippen LogP contribution in [0.15, 0.2) is 0 Å². The maximum atomic E-state index is 11.7. The Bertz CT molecular complexity index is 307. The Kier molecular flexibility index (Phi) is 5.87. The van der Waals surface area contributed by atoms with Crippen molar-refractivity contribution in [2.45, 2.75) is 60.5 Å². The summed E-state index contributed by atoms with van der Waals surface area (Å²) in [5.74, 6) is 0. The molecule has 1 N–H and O–H groups in total. The van der Waals surface area contributed by atoms with Gasteiger partial charge in [0.05, 0.1) is 0 Å². The van der Waals surface area contributed by atoms with Crippen LogP contribution in [0.3, 0.4) is 0 Å². The van der Waals surface area contributed by atoms with Crippen molar-refractivity contribution in [3.8, 4) is 0 Å². The zero-order valence-electron chi connectivity index (χ0n) is 14.1. The Morgan fingerprint density at radius 1 is 1.10 bits per heavy atom. The summed E-state index contributed by atoms with van der Waals surface area (Å²) in [5, 5.41) is 2.84. The van der Waals surface area contributed by atoms with Crippen LogP contribution in [0.4, 0.5) is 4.79 Å². The number of rotatable bonds is 3. The lowest BCUT2D eigenvalue weighted by molar-refractivity contribution is 0.0406. The van der Waals surface area contributed by atoms with E-state index < -0.39 is 0 Å². The Balaban J connectivity index is 2.24. The van der Waals surface area contributed by atoms with Crippen molar-refractivity contribution < 1.29 is 9.53 Å². The first-order chi connectivity index (χ1) is 9.05. The summed E-state index contributed by atoms with van der Waals surface area (Å²) in [4.78, 5) is 14.2. The normalized spacial score (nSPS) is 18.9. The highest BCUT2D eigenvalue weighted by molar-refractivity contribution is 5.67. The summed E-state index contributed by atoms with van der Waals surface area (Å²) >= 11 is 0. The third-order valence-corrected chi connectivity index (χ3v) is 3.27. The van der Waals surface area contributed by atoms with Gasteiger partial charge >= 0.3 is 6.09 Å². The van der Waals surface area contributed by atoms with E-state index >= 15 is 0 Å². The molecular weight excluding hydrogens is 252 g/mol. The lowest BCUT2D eigenvalue weighted by atomic mass is 9.94. The molecule has 0 radical (unpaired) electrons. The molecule has 0 saturated carbocycles. The van der Waals surface area contributed by atoms with Gasteiger partial charge in [0.1, 0.15) is 6.10 Å². The number of likely N-dealkylation sites (tertiary alicyclic amines) is 1. The summed E-state index contributed by atoms with van der Waals surface area (Å²) in [5.41, 5.74) is 0.423. The highest BCUT2D eigenvalue weighted by Crippen LogP contribution is 2.20. The summed E-state index contributed by atoms with van der Waals surface area (Å²) in [7, 11) is 0.